The molecule has 0 saturated carbocycles. The van der Waals surface area contributed by atoms with Crippen LogP contribution in [-0.4, -0.2) is 31.2 Å². The summed E-state index contributed by atoms with van der Waals surface area (Å²) < 4.78 is 0. The number of nitrogens with one attached hydrogen (secondary N) is 2. The summed E-state index contributed by atoms with van der Waals surface area (Å²) in [6, 6.07) is 7.42. The van der Waals surface area contributed by atoms with Gasteiger partial charge in [-0.3, -0.25) is 9.59 Å². The molecular formula is C16H24N2O2S. The van der Waals surface area contributed by atoms with Crippen LogP contribution in [0.5, 0.6) is 0 Å². The second-order valence-corrected chi connectivity index (χ2v) is 6.27. The molecule has 0 spiro atoms. The average molecular weight is 308 g/mol. The molecule has 0 unspecified atom stereocenters. The molecule has 1 rings (SSSR count). The molecule has 2 amide bonds. The quantitative estimate of drug-likeness (QED) is 0.760. The Bertz CT molecular complexity index is 472. The van der Waals surface area contributed by atoms with Crippen molar-refractivity contribution in [1.82, 2.24) is 10.6 Å². The maximum Gasteiger partial charge on any atom is 0.242 e. The van der Waals surface area contributed by atoms with E-state index >= 15 is 0 Å². The molecule has 2 N–H and O–H groups in total. The van der Waals surface area contributed by atoms with Gasteiger partial charge in [-0.25, -0.2) is 0 Å². The minimum atomic E-state index is -0.465. The molecule has 0 aliphatic rings. The third-order valence-electron chi connectivity index (χ3n) is 3.13. The largest absolute Gasteiger partial charge is 0.357 e. The van der Waals surface area contributed by atoms with Crippen LogP contribution in [0.3, 0.4) is 0 Å². The number of thioether (sulfide) groups is 1. The fourth-order valence-electron chi connectivity index (χ4n) is 2.05. The fraction of sp³-hybridized carbons (Fsp3) is 0.500. The standard InChI is InChI=1S/C16H24N2O2S/c1-11(2)9-14(16(20)17-3)18-15(19)10-12-5-7-13(21-4)8-6-12/h5-8,11,14H,9-10H2,1-4H3,(H,17,20)(H,18,19)/t14-/m1/s1. The highest BCUT2D eigenvalue weighted by Crippen LogP contribution is 2.15. The van der Waals surface area contributed by atoms with E-state index in [1.54, 1.807) is 18.8 Å². The zero-order chi connectivity index (χ0) is 15.8. The summed E-state index contributed by atoms with van der Waals surface area (Å²) in [5.41, 5.74) is 0.950. The first kappa shape index (κ1) is 17.6. The Kier molecular flexibility index (Phi) is 7.29. The smallest absolute Gasteiger partial charge is 0.242 e. The van der Waals surface area contributed by atoms with Crippen LogP contribution in [0.1, 0.15) is 25.8 Å². The summed E-state index contributed by atoms with van der Waals surface area (Å²) in [5, 5.41) is 5.42. The van der Waals surface area contributed by atoms with Gasteiger partial charge in [0.15, 0.2) is 0 Å². The summed E-state index contributed by atoms with van der Waals surface area (Å²) in [5.74, 6) is 0.0735. The van der Waals surface area contributed by atoms with E-state index in [4.69, 9.17) is 0 Å². The Morgan fingerprint density at radius 1 is 1.19 bits per heavy atom. The zero-order valence-electron chi connectivity index (χ0n) is 13.1. The van der Waals surface area contributed by atoms with Crippen LogP contribution in [-0.2, 0) is 16.0 Å². The first-order chi connectivity index (χ1) is 9.96. The first-order valence-electron chi connectivity index (χ1n) is 7.10. The van der Waals surface area contributed by atoms with Gasteiger partial charge in [-0.1, -0.05) is 26.0 Å². The topological polar surface area (TPSA) is 58.2 Å². The number of amides is 2. The Morgan fingerprint density at radius 3 is 2.29 bits per heavy atom. The van der Waals surface area contributed by atoms with Gasteiger partial charge in [-0.2, -0.15) is 0 Å². The molecule has 0 saturated heterocycles. The molecule has 1 aromatic carbocycles. The van der Waals surface area contributed by atoms with Crippen LogP contribution >= 0.6 is 11.8 Å². The number of rotatable bonds is 7. The van der Waals surface area contributed by atoms with Gasteiger partial charge < -0.3 is 10.6 Å². The number of carbonyl (C=O) groups is 2. The van der Waals surface area contributed by atoms with Crippen molar-refractivity contribution in [1.29, 1.82) is 0 Å². The summed E-state index contributed by atoms with van der Waals surface area (Å²) in [6.07, 6.45) is 2.94. The number of likely N-dealkylation sites (N-methyl/N-ethyl adjacent to an activating group) is 1. The second kappa shape index (κ2) is 8.72. The normalized spacial score (nSPS) is 12.0. The van der Waals surface area contributed by atoms with Crippen LogP contribution in [0.4, 0.5) is 0 Å². The molecule has 21 heavy (non-hydrogen) atoms. The Morgan fingerprint density at radius 2 is 1.81 bits per heavy atom. The van der Waals surface area contributed by atoms with E-state index in [-0.39, 0.29) is 11.8 Å². The third kappa shape index (κ3) is 6.21. The molecule has 1 aromatic rings. The molecule has 0 heterocycles. The van der Waals surface area contributed by atoms with Gasteiger partial charge in [0.25, 0.3) is 0 Å². The summed E-state index contributed by atoms with van der Waals surface area (Å²) in [7, 11) is 1.59. The minimum Gasteiger partial charge on any atom is -0.357 e. The van der Waals surface area contributed by atoms with Gasteiger partial charge in [0.2, 0.25) is 11.8 Å². The molecule has 0 bridgehead atoms. The summed E-state index contributed by atoms with van der Waals surface area (Å²) in [6.45, 7) is 4.06. The molecule has 0 aromatic heterocycles. The van der Waals surface area contributed by atoms with Crippen LogP contribution in [0.2, 0.25) is 0 Å². The van der Waals surface area contributed by atoms with Crippen molar-refractivity contribution in [3.63, 3.8) is 0 Å². The van der Waals surface area contributed by atoms with E-state index in [0.717, 1.165) is 5.56 Å². The molecule has 5 heteroatoms. The highest BCUT2D eigenvalue weighted by atomic mass is 32.2. The van der Waals surface area contributed by atoms with Crippen LogP contribution in [0.15, 0.2) is 29.2 Å². The van der Waals surface area contributed by atoms with Crippen molar-refractivity contribution in [2.45, 2.75) is 37.6 Å². The predicted octanol–water partition coefficient (Wildman–Crippen LogP) is 2.23. The molecular weight excluding hydrogens is 284 g/mol. The Hall–Kier alpha value is -1.49. The lowest BCUT2D eigenvalue weighted by atomic mass is 10.0. The van der Waals surface area contributed by atoms with Crippen LogP contribution < -0.4 is 10.6 Å². The SMILES string of the molecule is CNC(=O)[C@@H](CC(C)C)NC(=O)Cc1ccc(SC)cc1. The van der Waals surface area contributed by atoms with Gasteiger partial charge in [0.05, 0.1) is 6.42 Å². The highest BCUT2D eigenvalue weighted by molar-refractivity contribution is 7.98. The van der Waals surface area contributed by atoms with Crippen molar-refractivity contribution in [2.24, 2.45) is 5.92 Å². The zero-order valence-corrected chi connectivity index (χ0v) is 13.9. The molecule has 0 aliphatic carbocycles. The van der Waals surface area contributed by atoms with E-state index < -0.39 is 6.04 Å². The molecule has 1 atom stereocenters. The first-order valence-corrected chi connectivity index (χ1v) is 8.32. The van der Waals surface area contributed by atoms with Gasteiger partial charge in [-0.15, -0.1) is 11.8 Å². The Balaban J connectivity index is 2.61. The van der Waals surface area contributed by atoms with Crippen molar-refractivity contribution < 1.29 is 9.59 Å². The number of hydrogen-bond donors (Lipinski definition) is 2. The van der Waals surface area contributed by atoms with E-state index in [0.29, 0.717) is 18.8 Å². The van der Waals surface area contributed by atoms with Crippen molar-refractivity contribution in [2.75, 3.05) is 13.3 Å². The lowest BCUT2D eigenvalue weighted by Crippen LogP contribution is -2.46. The second-order valence-electron chi connectivity index (χ2n) is 5.39. The van der Waals surface area contributed by atoms with E-state index in [9.17, 15) is 9.59 Å². The van der Waals surface area contributed by atoms with Gasteiger partial charge in [0, 0.05) is 11.9 Å². The number of carbonyl (C=O) groups excluding carboxylic acids is 2. The van der Waals surface area contributed by atoms with E-state index in [1.807, 2.05) is 44.4 Å². The molecule has 116 valence electrons. The van der Waals surface area contributed by atoms with Crippen molar-refractivity contribution >= 4 is 23.6 Å². The fourth-order valence-corrected chi connectivity index (χ4v) is 2.46. The summed E-state index contributed by atoms with van der Waals surface area (Å²) >= 11 is 1.67. The third-order valence-corrected chi connectivity index (χ3v) is 3.87. The number of benzene rings is 1. The maximum absolute atomic E-state index is 12.1. The minimum absolute atomic E-state index is 0.124. The monoisotopic (exact) mass is 308 g/mol. The van der Waals surface area contributed by atoms with E-state index in [2.05, 4.69) is 10.6 Å². The highest BCUT2D eigenvalue weighted by Gasteiger charge is 2.20. The lowest BCUT2D eigenvalue weighted by Gasteiger charge is -2.19. The van der Waals surface area contributed by atoms with Gasteiger partial charge >= 0.3 is 0 Å². The van der Waals surface area contributed by atoms with Crippen LogP contribution in [0.25, 0.3) is 0 Å². The van der Waals surface area contributed by atoms with Crippen LogP contribution in [0, 0.1) is 5.92 Å². The van der Waals surface area contributed by atoms with Crippen molar-refractivity contribution in [3.05, 3.63) is 29.8 Å². The molecule has 0 radical (unpaired) electrons. The predicted molar refractivity (Wildman–Crippen MR) is 87.4 cm³/mol. The summed E-state index contributed by atoms with van der Waals surface area (Å²) in [4.78, 5) is 25.0. The van der Waals surface area contributed by atoms with Crippen molar-refractivity contribution in [3.8, 4) is 0 Å². The number of hydrogen-bond acceptors (Lipinski definition) is 3. The molecule has 0 aliphatic heterocycles. The van der Waals surface area contributed by atoms with E-state index in [1.165, 1.54) is 4.90 Å². The average Bonchev–Trinajstić information content (AvgIpc) is 2.46. The molecule has 4 nitrogen and oxygen atoms in total. The maximum atomic E-state index is 12.1. The van der Waals surface area contributed by atoms with Gasteiger partial charge in [0.1, 0.15) is 6.04 Å². The molecule has 0 fully saturated rings. The lowest BCUT2D eigenvalue weighted by molar-refractivity contribution is -0.128. The van der Waals surface area contributed by atoms with Gasteiger partial charge in [-0.05, 0) is 36.3 Å². The Labute approximate surface area is 131 Å².